The molecule has 1 N–H and O–H groups in total. The molecule has 1 aromatic heterocycles. The summed E-state index contributed by atoms with van der Waals surface area (Å²) in [6.45, 7) is 0. The second kappa shape index (κ2) is 5.48. The van der Waals surface area contributed by atoms with Crippen molar-refractivity contribution in [2.24, 2.45) is 0 Å². The van der Waals surface area contributed by atoms with Crippen molar-refractivity contribution in [2.45, 2.75) is 12.5 Å². The Morgan fingerprint density at radius 3 is 2.76 bits per heavy atom. The molecule has 0 radical (unpaired) electrons. The standard InChI is InChI=1S/C12H9BrClFOS/c13-8-2-1-7(10(15)6-8)5-11(16)12-9(14)3-4-17-12/h1-4,6,11,16H,5H2. The fourth-order valence-corrected chi connectivity index (χ4v) is 3.03. The largest absolute Gasteiger partial charge is 0.387 e. The molecule has 5 heteroatoms. The average molecular weight is 336 g/mol. The summed E-state index contributed by atoms with van der Waals surface area (Å²) in [5.41, 5.74) is 0.477. The van der Waals surface area contributed by atoms with Crippen molar-refractivity contribution in [3.05, 3.63) is 55.4 Å². The minimum Gasteiger partial charge on any atom is -0.387 e. The van der Waals surface area contributed by atoms with Crippen molar-refractivity contribution in [1.29, 1.82) is 0 Å². The number of benzene rings is 1. The topological polar surface area (TPSA) is 20.2 Å². The number of aliphatic hydroxyl groups excluding tert-OH is 1. The predicted molar refractivity (Wildman–Crippen MR) is 72.1 cm³/mol. The monoisotopic (exact) mass is 334 g/mol. The highest BCUT2D eigenvalue weighted by Gasteiger charge is 2.15. The normalized spacial score (nSPS) is 12.7. The van der Waals surface area contributed by atoms with Crippen LogP contribution in [0.1, 0.15) is 16.5 Å². The highest BCUT2D eigenvalue weighted by Crippen LogP contribution is 2.31. The summed E-state index contributed by atoms with van der Waals surface area (Å²) in [5.74, 6) is -0.328. The van der Waals surface area contributed by atoms with E-state index in [0.717, 1.165) is 0 Å². The highest BCUT2D eigenvalue weighted by atomic mass is 79.9. The summed E-state index contributed by atoms with van der Waals surface area (Å²) in [5, 5.41) is 12.3. The first-order chi connectivity index (χ1) is 8.08. The summed E-state index contributed by atoms with van der Waals surface area (Å²) >= 11 is 10.5. The Kier molecular flexibility index (Phi) is 4.20. The zero-order valence-corrected chi connectivity index (χ0v) is 11.8. The quantitative estimate of drug-likeness (QED) is 0.870. The Hall–Kier alpha value is -0.420. The molecule has 0 spiro atoms. The van der Waals surface area contributed by atoms with Crippen molar-refractivity contribution in [2.75, 3.05) is 0 Å². The lowest BCUT2D eigenvalue weighted by molar-refractivity contribution is 0.181. The molecular formula is C12H9BrClFOS. The SMILES string of the molecule is OC(Cc1ccc(Br)cc1F)c1sccc1Cl. The fraction of sp³-hybridized carbons (Fsp3) is 0.167. The Bertz CT molecular complexity index is 529. The van der Waals surface area contributed by atoms with Crippen LogP contribution in [0.3, 0.4) is 0 Å². The molecule has 0 aliphatic carbocycles. The molecular weight excluding hydrogens is 327 g/mol. The van der Waals surface area contributed by atoms with E-state index >= 15 is 0 Å². The van der Waals surface area contributed by atoms with Gasteiger partial charge in [-0.05, 0) is 29.1 Å². The predicted octanol–water partition coefficient (Wildman–Crippen LogP) is 4.58. The van der Waals surface area contributed by atoms with Gasteiger partial charge in [-0.25, -0.2) is 4.39 Å². The second-order valence-electron chi connectivity index (χ2n) is 3.59. The number of aliphatic hydroxyl groups is 1. The lowest BCUT2D eigenvalue weighted by Crippen LogP contribution is -2.02. The molecule has 0 amide bonds. The van der Waals surface area contributed by atoms with Crippen LogP contribution in [0.25, 0.3) is 0 Å². The minimum absolute atomic E-state index is 0.222. The molecule has 0 aliphatic heterocycles. The van der Waals surface area contributed by atoms with Crippen molar-refractivity contribution in [3.63, 3.8) is 0 Å². The van der Waals surface area contributed by atoms with Gasteiger partial charge in [-0.15, -0.1) is 11.3 Å². The van der Waals surface area contributed by atoms with Gasteiger partial charge < -0.3 is 5.11 Å². The first kappa shape index (κ1) is 13.0. The molecule has 1 atom stereocenters. The van der Waals surface area contributed by atoms with Crippen molar-refractivity contribution in [1.82, 2.24) is 0 Å². The van der Waals surface area contributed by atoms with Crippen molar-refractivity contribution >= 4 is 38.9 Å². The van der Waals surface area contributed by atoms with E-state index < -0.39 is 6.10 Å². The van der Waals surface area contributed by atoms with E-state index in [0.29, 0.717) is 19.9 Å². The summed E-state index contributed by atoms with van der Waals surface area (Å²) in [6.07, 6.45) is -0.544. The molecule has 1 heterocycles. The van der Waals surface area contributed by atoms with Crippen LogP contribution in [-0.2, 0) is 6.42 Å². The smallest absolute Gasteiger partial charge is 0.127 e. The number of thiophene rings is 1. The van der Waals surface area contributed by atoms with Gasteiger partial charge >= 0.3 is 0 Å². The van der Waals surface area contributed by atoms with Gasteiger partial charge in [0.15, 0.2) is 0 Å². The summed E-state index contributed by atoms with van der Waals surface area (Å²) in [4.78, 5) is 0.675. The van der Waals surface area contributed by atoms with Gasteiger partial charge in [0.1, 0.15) is 5.82 Å². The van der Waals surface area contributed by atoms with Crippen LogP contribution < -0.4 is 0 Å². The van der Waals surface area contributed by atoms with Gasteiger partial charge in [-0.2, -0.15) is 0 Å². The molecule has 1 aromatic carbocycles. The van der Waals surface area contributed by atoms with E-state index in [4.69, 9.17) is 11.6 Å². The molecule has 1 unspecified atom stereocenters. The number of hydrogen-bond acceptors (Lipinski definition) is 2. The molecule has 0 saturated carbocycles. The molecule has 90 valence electrons. The van der Waals surface area contributed by atoms with Gasteiger partial charge in [0, 0.05) is 10.9 Å². The Morgan fingerprint density at radius 2 is 2.18 bits per heavy atom. The number of hydrogen-bond donors (Lipinski definition) is 1. The first-order valence-corrected chi connectivity index (χ1v) is 6.98. The number of halogens is 3. The molecule has 1 nitrogen and oxygen atoms in total. The maximum atomic E-state index is 13.6. The van der Waals surface area contributed by atoms with E-state index in [9.17, 15) is 9.50 Å². The zero-order valence-electron chi connectivity index (χ0n) is 8.66. The lowest BCUT2D eigenvalue weighted by Gasteiger charge is -2.10. The summed E-state index contributed by atoms with van der Waals surface area (Å²) in [6, 6.07) is 6.52. The van der Waals surface area contributed by atoms with E-state index in [1.165, 1.54) is 17.4 Å². The molecule has 17 heavy (non-hydrogen) atoms. The lowest BCUT2D eigenvalue weighted by atomic mass is 10.1. The first-order valence-electron chi connectivity index (χ1n) is 4.93. The van der Waals surface area contributed by atoms with Gasteiger partial charge in [0.05, 0.1) is 16.0 Å². The summed E-state index contributed by atoms with van der Waals surface area (Å²) in [7, 11) is 0. The van der Waals surface area contributed by atoms with Gasteiger partial charge in [0.25, 0.3) is 0 Å². The zero-order chi connectivity index (χ0) is 12.4. The van der Waals surface area contributed by atoms with Crippen LogP contribution in [0.5, 0.6) is 0 Å². The maximum Gasteiger partial charge on any atom is 0.127 e. The van der Waals surface area contributed by atoms with E-state index in [1.54, 1.807) is 23.6 Å². The summed E-state index contributed by atoms with van der Waals surface area (Å²) < 4.78 is 14.3. The van der Waals surface area contributed by atoms with Crippen LogP contribution in [0.15, 0.2) is 34.1 Å². The van der Waals surface area contributed by atoms with Crippen LogP contribution in [-0.4, -0.2) is 5.11 Å². The third kappa shape index (κ3) is 3.07. The molecule has 0 aliphatic rings. The minimum atomic E-state index is -0.766. The molecule has 0 saturated heterocycles. The van der Waals surface area contributed by atoms with Crippen molar-refractivity contribution < 1.29 is 9.50 Å². The van der Waals surface area contributed by atoms with E-state index in [2.05, 4.69) is 15.9 Å². The van der Waals surface area contributed by atoms with Crippen LogP contribution in [0, 0.1) is 5.82 Å². The third-order valence-electron chi connectivity index (χ3n) is 2.38. The third-order valence-corrected chi connectivity index (χ3v) is 4.33. The fourth-order valence-electron chi connectivity index (χ4n) is 1.53. The van der Waals surface area contributed by atoms with E-state index in [1.807, 2.05) is 0 Å². The Balaban J connectivity index is 2.19. The Labute approximate surface area is 116 Å². The van der Waals surface area contributed by atoms with Gasteiger partial charge in [-0.3, -0.25) is 0 Å². The van der Waals surface area contributed by atoms with Gasteiger partial charge in [-0.1, -0.05) is 33.6 Å². The Morgan fingerprint density at radius 1 is 1.41 bits per heavy atom. The molecule has 0 bridgehead atoms. The van der Waals surface area contributed by atoms with Crippen LogP contribution in [0.2, 0.25) is 5.02 Å². The van der Waals surface area contributed by atoms with Gasteiger partial charge in [0.2, 0.25) is 0 Å². The van der Waals surface area contributed by atoms with E-state index in [-0.39, 0.29) is 12.2 Å². The second-order valence-corrected chi connectivity index (χ2v) is 5.86. The van der Waals surface area contributed by atoms with Crippen molar-refractivity contribution in [3.8, 4) is 0 Å². The van der Waals surface area contributed by atoms with Crippen LogP contribution >= 0.6 is 38.9 Å². The average Bonchev–Trinajstić information content (AvgIpc) is 2.68. The molecule has 2 aromatic rings. The molecule has 0 fully saturated rings. The highest BCUT2D eigenvalue weighted by molar-refractivity contribution is 9.10. The number of rotatable bonds is 3. The van der Waals surface area contributed by atoms with Crippen LogP contribution in [0.4, 0.5) is 4.39 Å². The maximum absolute atomic E-state index is 13.6. The molecule has 2 rings (SSSR count).